The average Bonchev–Trinajstić information content (AvgIpc) is 3.18. The molecule has 27 heavy (non-hydrogen) atoms. The van der Waals surface area contributed by atoms with Crippen LogP contribution in [0.3, 0.4) is 0 Å². The number of rotatable bonds is 8. The fraction of sp³-hybridized carbons (Fsp3) is 0.200. The van der Waals surface area contributed by atoms with Crippen LogP contribution >= 0.6 is 0 Å². The molecule has 7 heteroatoms. The summed E-state index contributed by atoms with van der Waals surface area (Å²) in [6.07, 6.45) is 6.06. The molecule has 1 heterocycles. The highest BCUT2D eigenvalue weighted by molar-refractivity contribution is 5.95. The third-order valence-electron chi connectivity index (χ3n) is 3.98. The highest BCUT2D eigenvalue weighted by atomic mass is 19.1. The molecule has 0 fully saturated rings. The quantitative estimate of drug-likeness (QED) is 0.616. The van der Waals surface area contributed by atoms with Gasteiger partial charge in [0.15, 0.2) is 11.6 Å². The molecule has 0 unspecified atom stereocenters. The largest absolute Gasteiger partial charge is 0.486 e. The van der Waals surface area contributed by atoms with E-state index in [1.807, 2.05) is 10.8 Å². The minimum atomic E-state index is -0.781. The number of carbonyl (C=O) groups is 1. The molecule has 0 bridgehead atoms. The molecule has 1 amide bonds. The van der Waals surface area contributed by atoms with Crippen molar-refractivity contribution in [2.24, 2.45) is 0 Å². The smallest absolute Gasteiger partial charge is 0.251 e. The highest BCUT2D eigenvalue weighted by Gasteiger charge is 2.12. The van der Waals surface area contributed by atoms with Crippen molar-refractivity contribution in [1.29, 1.82) is 0 Å². The fourth-order valence-electron chi connectivity index (χ4n) is 2.59. The van der Waals surface area contributed by atoms with Crippen molar-refractivity contribution in [3.8, 4) is 5.75 Å². The predicted molar refractivity (Wildman–Crippen MR) is 96.3 cm³/mol. The number of halogens is 2. The number of carbonyl (C=O) groups excluding carboxylic acids is 1. The van der Waals surface area contributed by atoms with Crippen LogP contribution in [0.2, 0.25) is 0 Å². The Bertz CT molecular complexity index is 898. The van der Waals surface area contributed by atoms with Crippen LogP contribution in [0.5, 0.6) is 5.75 Å². The molecule has 5 nitrogen and oxygen atoms in total. The molecular weight excluding hydrogens is 352 g/mol. The van der Waals surface area contributed by atoms with Crippen molar-refractivity contribution < 1.29 is 18.3 Å². The van der Waals surface area contributed by atoms with E-state index in [2.05, 4.69) is 10.3 Å². The topological polar surface area (TPSA) is 56.2 Å². The van der Waals surface area contributed by atoms with Crippen molar-refractivity contribution in [1.82, 2.24) is 14.9 Å². The van der Waals surface area contributed by atoms with E-state index in [0.29, 0.717) is 17.7 Å². The first-order chi connectivity index (χ1) is 13.1. The molecule has 1 N–H and O–H groups in total. The minimum Gasteiger partial charge on any atom is -0.486 e. The molecule has 140 valence electrons. The molecule has 1 aromatic heterocycles. The SMILES string of the molecule is O=C(NCCCn1ccnc1)c1ccccc1COc1ccc(F)cc1F. The Morgan fingerprint density at radius 3 is 2.81 bits per heavy atom. The van der Waals surface area contributed by atoms with Crippen LogP contribution in [-0.2, 0) is 13.2 Å². The van der Waals surface area contributed by atoms with Crippen molar-refractivity contribution in [3.63, 3.8) is 0 Å². The molecule has 3 rings (SSSR count). The first-order valence-corrected chi connectivity index (χ1v) is 8.53. The molecule has 0 radical (unpaired) electrons. The van der Waals surface area contributed by atoms with Crippen molar-refractivity contribution in [2.75, 3.05) is 6.54 Å². The Hall–Kier alpha value is -3.22. The van der Waals surface area contributed by atoms with E-state index in [4.69, 9.17) is 4.74 Å². The first kappa shape index (κ1) is 18.6. The van der Waals surface area contributed by atoms with Gasteiger partial charge in [0.1, 0.15) is 12.4 Å². The zero-order valence-corrected chi connectivity index (χ0v) is 14.6. The van der Waals surface area contributed by atoms with Gasteiger partial charge in [-0.05, 0) is 24.6 Å². The second kappa shape index (κ2) is 8.93. The molecule has 0 spiro atoms. The van der Waals surface area contributed by atoms with E-state index in [-0.39, 0.29) is 18.3 Å². The number of hydrogen-bond acceptors (Lipinski definition) is 3. The van der Waals surface area contributed by atoms with Crippen LogP contribution in [0.1, 0.15) is 22.3 Å². The summed E-state index contributed by atoms with van der Waals surface area (Å²) in [6, 6.07) is 10.1. The summed E-state index contributed by atoms with van der Waals surface area (Å²) < 4.78 is 34.0. The molecular formula is C20H19F2N3O2. The van der Waals surface area contributed by atoms with Gasteiger partial charge in [-0.15, -0.1) is 0 Å². The van der Waals surface area contributed by atoms with Crippen molar-refractivity contribution in [2.45, 2.75) is 19.6 Å². The van der Waals surface area contributed by atoms with Gasteiger partial charge in [-0.25, -0.2) is 13.8 Å². The van der Waals surface area contributed by atoms with Gasteiger partial charge in [0, 0.05) is 42.7 Å². The number of aromatic nitrogens is 2. The lowest BCUT2D eigenvalue weighted by molar-refractivity contribution is 0.0950. The summed E-state index contributed by atoms with van der Waals surface area (Å²) in [4.78, 5) is 16.4. The van der Waals surface area contributed by atoms with Crippen LogP contribution in [0.25, 0.3) is 0 Å². The number of hydrogen-bond donors (Lipinski definition) is 1. The lowest BCUT2D eigenvalue weighted by Crippen LogP contribution is -2.26. The van der Waals surface area contributed by atoms with Gasteiger partial charge in [0.05, 0.1) is 6.33 Å². The van der Waals surface area contributed by atoms with E-state index in [1.54, 1.807) is 36.8 Å². The van der Waals surface area contributed by atoms with E-state index in [0.717, 1.165) is 25.1 Å². The molecule has 0 aliphatic carbocycles. The number of ether oxygens (including phenoxy) is 1. The Balaban J connectivity index is 1.56. The summed E-state index contributed by atoms with van der Waals surface area (Å²) in [5, 5.41) is 2.87. The lowest BCUT2D eigenvalue weighted by atomic mass is 10.1. The Morgan fingerprint density at radius 1 is 1.19 bits per heavy atom. The highest BCUT2D eigenvalue weighted by Crippen LogP contribution is 2.20. The van der Waals surface area contributed by atoms with Gasteiger partial charge in [0.2, 0.25) is 0 Å². The first-order valence-electron chi connectivity index (χ1n) is 8.53. The number of nitrogens with zero attached hydrogens (tertiary/aromatic N) is 2. The Kier molecular flexibility index (Phi) is 6.14. The van der Waals surface area contributed by atoms with E-state index in [9.17, 15) is 13.6 Å². The van der Waals surface area contributed by atoms with Gasteiger partial charge < -0.3 is 14.6 Å². The van der Waals surface area contributed by atoms with E-state index < -0.39 is 11.6 Å². The molecule has 0 aliphatic rings. The number of amides is 1. The minimum absolute atomic E-state index is 0.00117. The third-order valence-corrected chi connectivity index (χ3v) is 3.98. The molecule has 0 saturated carbocycles. The molecule has 0 saturated heterocycles. The normalized spacial score (nSPS) is 10.6. The van der Waals surface area contributed by atoms with Crippen molar-refractivity contribution in [3.05, 3.63) is 83.9 Å². The second-order valence-corrected chi connectivity index (χ2v) is 5.93. The maximum Gasteiger partial charge on any atom is 0.251 e. The van der Waals surface area contributed by atoms with Crippen LogP contribution in [0.15, 0.2) is 61.2 Å². The molecule has 2 aromatic carbocycles. The summed E-state index contributed by atoms with van der Waals surface area (Å²) >= 11 is 0. The van der Waals surface area contributed by atoms with E-state index >= 15 is 0 Å². The Morgan fingerprint density at radius 2 is 2.04 bits per heavy atom. The van der Waals surface area contributed by atoms with Crippen molar-refractivity contribution >= 4 is 5.91 Å². The summed E-state index contributed by atoms with van der Waals surface area (Å²) in [6.45, 7) is 1.27. The standard InChI is InChI=1S/C20H19F2N3O2/c21-16-6-7-19(18(22)12-16)27-13-15-4-1-2-5-17(15)20(26)24-8-3-10-25-11-9-23-14-25/h1-2,4-7,9,11-12,14H,3,8,10,13H2,(H,24,26). The summed E-state index contributed by atoms with van der Waals surface area (Å²) in [5.41, 5.74) is 1.08. The fourth-order valence-corrected chi connectivity index (χ4v) is 2.59. The number of imidazole rings is 1. The summed E-state index contributed by atoms with van der Waals surface area (Å²) in [5.74, 6) is -1.74. The van der Waals surface area contributed by atoms with Crippen LogP contribution in [0.4, 0.5) is 8.78 Å². The van der Waals surface area contributed by atoms with Gasteiger partial charge in [0.25, 0.3) is 5.91 Å². The van der Waals surface area contributed by atoms with Crippen LogP contribution in [0, 0.1) is 11.6 Å². The zero-order chi connectivity index (χ0) is 19.1. The monoisotopic (exact) mass is 371 g/mol. The third kappa shape index (κ3) is 5.13. The van der Waals surface area contributed by atoms with Gasteiger partial charge in [-0.1, -0.05) is 18.2 Å². The number of benzene rings is 2. The summed E-state index contributed by atoms with van der Waals surface area (Å²) in [7, 11) is 0. The average molecular weight is 371 g/mol. The van der Waals surface area contributed by atoms with Crippen LogP contribution in [-0.4, -0.2) is 22.0 Å². The molecule has 3 aromatic rings. The number of aryl methyl sites for hydroxylation is 1. The molecule has 0 aliphatic heterocycles. The lowest BCUT2D eigenvalue weighted by Gasteiger charge is -2.12. The van der Waals surface area contributed by atoms with Gasteiger partial charge >= 0.3 is 0 Å². The van der Waals surface area contributed by atoms with Crippen LogP contribution < -0.4 is 10.1 Å². The van der Waals surface area contributed by atoms with Gasteiger partial charge in [-0.3, -0.25) is 4.79 Å². The number of nitrogens with one attached hydrogen (secondary N) is 1. The molecule has 0 atom stereocenters. The predicted octanol–water partition coefficient (Wildman–Crippen LogP) is 3.56. The Labute approximate surface area is 155 Å². The zero-order valence-electron chi connectivity index (χ0n) is 14.6. The van der Waals surface area contributed by atoms with Gasteiger partial charge in [-0.2, -0.15) is 0 Å². The maximum atomic E-state index is 13.7. The van der Waals surface area contributed by atoms with E-state index in [1.165, 1.54) is 6.07 Å². The maximum absolute atomic E-state index is 13.7. The second-order valence-electron chi connectivity index (χ2n) is 5.93.